The van der Waals surface area contributed by atoms with Crippen molar-refractivity contribution >= 4 is 11.6 Å². The van der Waals surface area contributed by atoms with Crippen LogP contribution in [-0.2, 0) is 4.79 Å². The molecule has 0 spiro atoms. The molecule has 3 aliphatic rings. The van der Waals surface area contributed by atoms with E-state index in [4.69, 9.17) is 9.15 Å². The van der Waals surface area contributed by atoms with Crippen molar-refractivity contribution in [1.82, 2.24) is 9.97 Å². The lowest BCUT2D eigenvalue weighted by atomic mass is 9.70. The van der Waals surface area contributed by atoms with Crippen LogP contribution in [0.15, 0.2) is 47.1 Å². The summed E-state index contributed by atoms with van der Waals surface area (Å²) in [7, 11) is 1.55. The number of nitrogens with zero attached hydrogens (tertiary/aromatic N) is 3. The zero-order chi connectivity index (χ0) is 28.4. The molecular weight excluding hydrogens is 516 g/mol. The average molecular weight is 555 g/mol. The maximum Gasteiger partial charge on any atom is 0.227 e. The fourth-order valence-electron chi connectivity index (χ4n) is 6.69. The van der Waals surface area contributed by atoms with Crippen molar-refractivity contribution in [2.45, 2.75) is 88.1 Å². The molecule has 0 bridgehead atoms. The molecule has 8 nitrogen and oxygen atoms in total. The summed E-state index contributed by atoms with van der Waals surface area (Å²) in [5, 5.41) is 23.9. The summed E-state index contributed by atoms with van der Waals surface area (Å²) in [5.74, 6) is 2.50. The summed E-state index contributed by atoms with van der Waals surface area (Å²) in [4.78, 5) is 22.3. The van der Waals surface area contributed by atoms with Crippen LogP contribution >= 0.6 is 0 Å². The van der Waals surface area contributed by atoms with Crippen LogP contribution in [0.1, 0.15) is 99.7 Å². The first kappa shape index (κ1) is 27.5. The topological polar surface area (TPSA) is 121 Å². The number of anilines is 1. The number of benzene rings is 1. The van der Waals surface area contributed by atoms with E-state index in [9.17, 15) is 15.2 Å². The molecule has 0 radical (unpaired) electrons. The molecule has 2 heterocycles. The highest BCUT2D eigenvalue weighted by atomic mass is 16.5. The van der Waals surface area contributed by atoms with Gasteiger partial charge in [-0.25, -0.2) is 9.97 Å². The summed E-state index contributed by atoms with van der Waals surface area (Å²) in [5.41, 5.74) is 3.08. The lowest BCUT2D eigenvalue weighted by Crippen LogP contribution is -2.39. The minimum atomic E-state index is -0.702. The molecule has 3 fully saturated rings. The quantitative estimate of drug-likeness (QED) is 0.317. The number of carbonyl (C=O) groups excluding carboxylic acids is 1. The minimum absolute atomic E-state index is 0.0206. The van der Waals surface area contributed by atoms with Gasteiger partial charge >= 0.3 is 0 Å². The largest absolute Gasteiger partial charge is 0.494 e. The van der Waals surface area contributed by atoms with Gasteiger partial charge in [0.05, 0.1) is 12.7 Å². The number of pyridine rings is 1. The Morgan fingerprint density at radius 2 is 1.83 bits per heavy atom. The van der Waals surface area contributed by atoms with Crippen LogP contribution in [0.4, 0.5) is 5.69 Å². The normalized spacial score (nSPS) is 26.2. The monoisotopic (exact) mass is 554 g/mol. The summed E-state index contributed by atoms with van der Waals surface area (Å²) in [6.07, 6.45) is 11.5. The molecule has 0 unspecified atom stereocenters. The van der Waals surface area contributed by atoms with E-state index in [0.717, 1.165) is 73.5 Å². The third kappa shape index (κ3) is 6.31. The average Bonchev–Trinajstić information content (AvgIpc) is 3.73. The Morgan fingerprint density at radius 1 is 1.07 bits per heavy atom. The van der Waals surface area contributed by atoms with E-state index < -0.39 is 5.60 Å². The van der Waals surface area contributed by atoms with E-state index in [1.165, 1.54) is 0 Å². The molecule has 41 heavy (non-hydrogen) atoms. The van der Waals surface area contributed by atoms with Crippen LogP contribution in [-0.4, -0.2) is 33.7 Å². The SMILES string of the molecule is COc1ccc(C2CCC(CC3(O)CCC(C(=O)Nc4cccc(-c5coc(C6CC6)n5)c4)CC3)CC2)nc1C#N. The predicted octanol–water partition coefficient (Wildman–Crippen LogP) is 6.72. The molecule has 3 aromatic rings. The molecule has 6 rings (SSSR count). The second kappa shape index (κ2) is 11.7. The fourth-order valence-corrected chi connectivity index (χ4v) is 6.69. The Morgan fingerprint density at radius 3 is 2.54 bits per heavy atom. The molecule has 2 N–H and O–H groups in total. The smallest absolute Gasteiger partial charge is 0.227 e. The minimum Gasteiger partial charge on any atom is -0.494 e. The van der Waals surface area contributed by atoms with E-state index in [2.05, 4.69) is 21.4 Å². The fraction of sp³-hybridized carbons (Fsp3) is 0.515. The van der Waals surface area contributed by atoms with Gasteiger partial charge in [-0.1, -0.05) is 12.1 Å². The molecule has 0 atom stereocenters. The van der Waals surface area contributed by atoms with E-state index in [0.29, 0.717) is 54.9 Å². The number of nitriles is 1. The zero-order valence-corrected chi connectivity index (χ0v) is 23.6. The number of methoxy groups -OCH3 is 1. The first-order chi connectivity index (χ1) is 19.9. The lowest BCUT2D eigenvalue weighted by molar-refractivity contribution is -0.123. The Bertz CT molecular complexity index is 1420. The number of hydrogen-bond acceptors (Lipinski definition) is 7. The number of nitrogens with one attached hydrogen (secondary N) is 1. The van der Waals surface area contributed by atoms with Crippen molar-refractivity contribution in [3.63, 3.8) is 0 Å². The Kier molecular flexibility index (Phi) is 7.81. The first-order valence-corrected chi connectivity index (χ1v) is 15.0. The van der Waals surface area contributed by atoms with Crippen molar-refractivity contribution in [3.05, 3.63) is 59.9 Å². The van der Waals surface area contributed by atoms with Gasteiger partial charge < -0.3 is 19.6 Å². The number of aromatic nitrogens is 2. The van der Waals surface area contributed by atoms with Gasteiger partial charge in [-0.3, -0.25) is 4.79 Å². The van der Waals surface area contributed by atoms with Crippen LogP contribution in [0.2, 0.25) is 0 Å². The highest BCUT2D eigenvalue weighted by Crippen LogP contribution is 2.43. The van der Waals surface area contributed by atoms with Gasteiger partial charge in [0, 0.05) is 34.7 Å². The van der Waals surface area contributed by atoms with Crippen LogP contribution in [0.5, 0.6) is 5.75 Å². The Labute approximate surface area is 241 Å². The number of rotatable bonds is 8. The molecular formula is C33H38N4O4. The summed E-state index contributed by atoms with van der Waals surface area (Å²) >= 11 is 0. The maximum absolute atomic E-state index is 13.1. The molecule has 0 aliphatic heterocycles. The maximum atomic E-state index is 13.1. The number of oxazole rings is 1. The number of carbonyl (C=O) groups is 1. The van der Waals surface area contributed by atoms with Crippen molar-refractivity contribution in [3.8, 4) is 23.1 Å². The van der Waals surface area contributed by atoms with Gasteiger partial charge in [0.2, 0.25) is 5.91 Å². The number of hydrogen-bond donors (Lipinski definition) is 2. The van der Waals surface area contributed by atoms with Crippen molar-refractivity contribution in [1.29, 1.82) is 5.26 Å². The number of ether oxygens (including phenoxy) is 1. The molecule has 1 amide bonds. The first-order valence-electron chi connectivity index (χ1n) is 15.0. The van der Waals surface area contributed by atoms with Crippen LogP contribution in [0.3, 0.4) is 0 Å². The molecule has 1 aromatic carbocycles. The zero-order valence-electron chi connectivity index (χ0n) is 23.6. The summed E-state index contributed by atoms with van der Waals surface area (Å²) in [6, 6.07) is 13.7. The van der Waals surface area contributed by atoms with Gasteiger partial charge in [0.15, 0.2) is 17.3 Å². The molecule has 3 saturated carbocycles. The number of amides is 1. The highest BCUT2D eigenvalue weighted by Gasteiger charge is 2.38. The molecule has 0 saturated heterocycles. The Balaban J connectivity index is 0.980. The summed E-state index contributed by atoms with van der Waals surface area (Å²) in [6.45, 7) is 0. The second-order valence-electron chi connectivity index (χ2n) is 12.2. The third-order valence-corrected chi connectivity index (χ3v) is 9.30. The standard InChI is InChI=1S/C33H38N4O4/c1-40-30-12-11-27(36-28(30)19-34)22-7-5-21(6-8-22)18-33(39)15-13-23(14-16-33)31(38)35-26-4-2-3-25(17-26)29-20-41-32(37-29)24-9-10-24/h2-4,11-12,17,20-24,39H,5-10,13-16,18H2,1H3,(H,35,38). The predicted molar refractivity (Wildman–Crippen MR) is 154 cm³/mol. The lowest BCUT2D eigenvalue weighted by Gasteiger charge is -2.39. The molecule has 214 valence electrons. The number of aliphatic hydroxyl groups is 1. The van der Waals surface area contributed by atoms with Crippen LogP contribution in [0, 0.1) is 23.2 Å². The van der Waals surface area contributed by atoms with Gasteiger partial charge in [-0.2, -0.15) is 5.26 Å². The van der Waals surface area contributed by atoms with Crippen molar-refractivity contribution in [2.24, 2.45) is 11.8 Å². The van der Waals surface area contributed by atoms with Gasteiger partial charge in [0.1, 0.15) is 18.0 Å². The van der Waals surface area contributed by atoms with Crippen LogP contribution < -0.4 is 10.1 Å². The second-order valence-corrected chi connectivity index (χ2v) is 12.2. The van der Waals surface area contributed by atoms with Gasteiger partial charge in [-0.15, -0.1) is 0 Å². The summed E-state index contributed by atoms with van der Waals surface area (Å²) < 4.78 is 10.9. The van der Waals surface area contributed by atoms with E-state index in [-0.39, 0.29) is 11.8 Å². The van der Waals surface area contributed by atoms with Crippen LogP contribution in [0.25, 0.3) is 11.3 Å². The van der Waals surface area contributed by atoms with Gasteiger partial charge in [-0.05, 0) is 101 Å². The van der Waals surface area contributed by atoms with Crippen molar-refractivity contribution in [2.75, 3.05) is 12.4 Å². The van der Waals surface area contributed by atoms with E-state index in [1.807, 2.05) is 36.4 Å². The molecule has 3 aliphatic carbocycles. The van der Waals surface area contributed by atoms with Crippen molar-refractivity contribution < 1.29 is 19.1 Å². The third-order valence-electron chi connectivity index (χ3n) is 9.30. The Hall–Kier alpha value is -3.70. The molecule has 2 aromatic heterocycles. The van der Waals surface area contributed by atoms with E-state index in [1.54, 1.807) is 13.4 Å². The van der Waals surface area contributed by atoms with E-state index >= 15 is 0 Å². The highest BCUT2D eigenvalue weighted by molar-refractivity contribution is 5.93. The van der Waals surface area contributed by atoms with Gasteiger partial charge in [0.25, 0.3) is 0 Å². The molecule has 8 heteroatoms.